The third kappa shape index (κ3) is 3.33. The van der Waals surface area contributed by atoms with Crippen LogP contribution in [0.3, 0.4) is 0 Å². The maximum absolute atomic E-state index is 5.88. The fourth-order valence-corrected chi connectivity index (χ4v) is 2.82. The van der Waals surface area contributed by atoms with Crippen molar-refractivity contribution in [3.63, 3.8) is 0 Å². The van der Waals surface area contributed by atoms with Crippen molar-refractivity contribution in [1.82, 2.24) is 5.32 Å². The number of benzene rings is 1. The molecule has 0 saturated carbocycles. The van der Waals surface area contributed by atoms with E-state index in [-0.39, 0.29) is 0 Å². The monoisotopic (exact) mass is 247 g/mol. The van der Waals surface area contributed by atoms with E-state index in [1.165, 1.54) is 29.5 Å². The van der Waals surface area contributed by atoms with Crippen molar-refractivity contribution >= 4 is 0 Å². The molecule has 1 aliphatic rings. The van der Waals surface area contributed by atoms with Crippen molar-refractivity contribution in [2.75, 3.05) is 13.2 Å². The highest BCUT2D eigenvalue weighted by Crippen LogP contribution is 2.28. The summed E-state index contributed by atoms with van der Waals surface area (Å²) < 4.78 is 5.88. The molecule has 1 fully saturated rings. The average Bonchev–Trinajstić information content (AvgIpc) is 2.82. The number of aryl methyl sites for hydroxylation is 2. The van der Waals surface area contributed by atoms with E-state index in [2.05, 4.69) is 44.3 Å². The molecule has 0 bridgehead atoms. The van der Waals surface area contributed by atoms with Crippen LogP contribution in [0, 0.1) is 13.8 Å². The lowest BCUT2D eigenvalue weighted by Gasteiger charge is -2.25. The quantitative estimate of drug-likeness (QED) is 0.859. The fourth-order valence-electron chi connectivity index (χ4n) is 2.82. The first-order valence-electron chi connectivity index (χ1n) is 7.14. The number of nitrogens with one attached hydrogen (secondary N) is 1. The highest BCUT2D eigenvalue weighted by atomic mass is 16.5. The molecule has 2 unspecified atom stereocenters. The molecule has 2 atom stereocenters. The molecule has 0 aliphatic carbocycles. The Hall–Kier alpha value is -0.860. The molecule has 1 N–H and O–H groups in total. The molecule has 2 rings (SSSR count). The van der Waals surface area contributed by atoms with Gasteiger partial charge >= 0.3 is 0 Å². The Kier molecular flexibility index (Phi) is 4.79. The molecule has 100 valence electrons. The molecule has 1 aromatic rings. The van der Waals surface area contributed by atoms with Crippen LogP contribution in [0.4, 0.5) is 0 Å². The third-order valence-electron chi connectivity index (χ3n) is 3.55. The van der Waals surface area contributed by atoms with Crippen molar-refractivity contribution in [3.05, 3.63) is 34.9 Å². The van der Waals surface area contributed by atoms with Gasteiger partial charge in [-0.05, 0) is 45.2 Å². The van der Waals surface area contributed by atoms with Crippen LogP contribution in [0.15, 0.2) is 18.2 Å². The minimum atomic E-state index is 0.345. The minimum absolute atomic E-state index is 0.345. The predicted molar refractivity (Wildman–Crippen MR) is 75.9 cm³/mol. The van der Waals surface area contributed by atoms with E-state index in [4.69, 9.17) is 4.74 Å². The number of hydrogen-bond donors (Lipinski definition) is 1. The van der Waals surface area contributed by atoms with Crippen molar-refractivity contribution in [2.24, 2.45) is 0 Å². The van der Waals surface area contributed by atoms with Gasteiger partial charge in [-0.2, -0.15) is 0 Å². The second-order valence-electron chi connectivity index (χ2n) is 5.40. The Labute approximate surface area is 111 Å². The fraction of sp³-hybridized carbons (Fsp3) is 0.625. The molecular weight excluding hydrogens is 222 g/mol. The zero-order valence-corrected chi connectivity index (χ0v) is 11.8. The first kappa shape index (κ1) is 13.6. The molecule has 1 saturated heterocycles. The van der Waals surface area contributed by atoms with Gasteiger partial charge in [-0.1, -0.05) is 36.2 Å². The van der Waals surface area contributed by atoms with Gasteiger partial charge in [0.1, 0.15) is 0 Å². The number of ether oxygens (including phenoxy) is 1. The predicted octanol–water partition coefficient (Wildman–Crippen LogP) is 3.52. The summed E-state index contributed by atoms with van der Waals surface area (Å²) in [6, 6.07) is 7.17. The summed E-state index contributed by atoms with van der Waals surface area (Å²) >= 11 is 0. The van der Waals surface area contributed by atoms with E-state index in [0.29, 0.717) is 12.1 Å². The van der Waals surface area contributed by atoms with Crippen LogP contribution < -0.4 is 5.32 Å². The Morgan fingerprint density at radius 2 is 2.00 bits per heavy atom. The molecule has 0 amide bonds. The maximum Gasteiger partial charge on any atom is 0.0770 e. The van der Waals surface area contributed by atoms with Gasteiger partial charge in [0.05, 0.1) is 12.1 Å². The third-order valence-corrected chi connectivity index (χ3v) is 3.55. The molecule has 2 nitrogen and oxygen atoms in total. The molecule has 1 heterocycles. The van der Waals surface area contributed by atoms with Crippen LogP contribution >= 0.6 is 0 Å². The summed E-state index contributed by atoms with van der Waals surface area (Å²) in [4.78, 5) is 0. The summed E-state index contributed by atoms with van der Waals surface area (Å²) in [6.07, 6.45) is 3.88. The highest BCUT2D eigenvalue weighted by molar-refractivity contribution is 5.31. The Morgan fingerprint density at radius 1 is 1.28 bits per heavy atom. The summed E-state index contributed by atoms with van der Waals surface area (Å²) in [7, 11) is 0. The lowest BCUT2D eigenvalue weighted by atomic mass is 9.96. The summed E-state index contributed by atoms with van der Waals surface area (Å²) in [5, 5.41) is 3.66. The van der Waals surface area contributed by atoms with Crippen LogP contribution in [-0.4, -0.2) is 19.3 Å². The van der Waals surface area contributed by atoms with E-state index in [1.54, 1.807) is 0 Å². The van der Waals surface area contributed by atoms with E-state index in [9.17, 15) is 0 Å². The van der Waals surface area contributed by atoms with Crippen molar-refractivity contribution < 1.29 is 4.74 Å². The van der Waals surface area contributed by atoms with Crippen molar-refractivity contribution in [1.29, 1.82) is 0 Å². The van der Waals surface area contributed by atoms with Crippen LogP contribution in [0.2, 0.25) is 0 Å². The molecule has 0 spiro atoms. The Morgan fingerprint density at radius 3 is 2.56 bits per heavy atom. The lowest BCUT2D eigenvalue weighted by Crippen LogP contribution is -2.32. The average molecular weight is 247 g/mol. The smallest absolute Gasteiger partial charge is 0.0770 e. The van der Waals surface area contributed by atoms with Gasteiger partial charge in [0.25, 0.3) is 0 Å². The van der Waals surface area contributed by atoms with Crippen molar-refractivity contribution in [2.45, 2.75) is 52.2 Å². The minimum Gasteiger partial charge on any atom is -0.376 e. The van der Waals surface area contributed by atoms with Crippen LogP contribution in [-0.2, 0) is 4.74 Å². The van der Waals surface area contributed by atoms with Crippen LogP contribution in [0.5, 0.6) is 0 Å². The molecule has 18 heavy (non-hydrogen) atoms. The maximum atomic E-state index is 5.88. The van der Waals surface area contributed by atoms with E-state index in [1.807, 2.05) is 0 Å². The SMILES string of the molecule is CCCNC(c1cc(C)cc(C)c1)C1CCCO1. The highest BCUT2D eigenvalue weighted by Gasteiger charge is 2.26. The Bertz CT molecular complexity index is 362. The van der Waals surface area contributed by atoms with E-state index < -0.39 is 0 Å². The summed E-state index contributed by atoms with van der Waals surface area (Å²) in [5.41, 5.74) is 4.06. The van der Waals surface area contributed by atoms with Crippen LogP contribution in [0.25, 0.3) is 0 Å². The van der Waals surface area contributed by atoms with Gasteiger partial charge in [-0.25, -0.2) is 0 Å². The number of hydrogen-bond acceptors (Lipinski definition) is 2. The molecule has 1 aromatic carbocycles. The molecule has 1 aliphatic heterocycles. The Balaban J connectivity index is 2.20. The molecular formula is C16H25NO. The molecule has 0 aromatic heterocycles. The molecule has 0 radical (unpaired) electrons. The first-order valence-corrected chi connectivity index (χ1v) is 7.14. The van der Waals surface area contributed by atoms with Gasteiger partial charge < -0.3 is 10.1 Å². The topological polar surface area (TPSA) is 21.3 Å². The molecule has 2 heteroatoms. The normalized spacial score (nSPS) is 21.2. The lowest BCUT2D eigenvalue weighted by molar-refractivity contribution is 0.0783. The van der Waals surface area contributed by atoms with Gasteiger partial charge in [-0.15, -0.1) is 0 Å². The largest absolute Gasteiger partial charge is 0.376 e. The standard InChI is InChI=1S/C16H25NO/c1-4-7-17-16(15-6-5-8-18-15)14-10-12(2)9-13(3)11-14/h9-11,15-17H,4-8H2,1-3H3. The first-order chi connectivity index (χ1) is 8.70. The van der Waals surface area contributed by atoms with Gasteiger partial charge in [0, 0.05) is 6.61 Å². The van der Waals surface area contributed by atoms with E-state index in [0.717, 1.165) is 19.6 Å². The van der Waals surface area contributed by atoms with Gasteiger partial charge in [0.15, 0.2) is 0 Å². The van der Waals surface area contributed by atoms with Crippen LogP contribution in [0.1, 0.15) is 48.9 Å². The van der Waals surface area contributed by atoms with Gasteiger partial charge in [-0.3, -0.25) is 0 Å². The zero-order chi connectivity index (χ0) is 13.0. The summed E-state index contributed by atoms with van der Waals surface area (Å²) in [6.45, 7) is 8.52. The second kappa shape index (κ2) is 6.35. The van der Waals surface area contributed by atoms with Crippen molar-refractivity contribution in [3.8, 4) is 0 Å². The van der Waals surface area contributed by atoms with E-state index >= 15 is 0 Å². The van der Waals surface area contributed by atoms with Gasteiger partial charge in [0.2, 0.25) is 0 Å². The summed E-state index contributed by atoms with van der Waals surface area (Å²) in [5.74, 6) is 0. The second-order valence-corrected chi connectivity index (χ2v) is 5.40. The zero-order valence-electron chi connectivity index (χ0n) is 11.8. The number of rotatable bonds is 5.